The summed E-state index contributed by atoms with van der Waals surface area (Å²) in [5, 5.41) is 13.2. The lowest BCUT2D eigenvalue weighted by atomic mass is 10.1. The van der Waals surface area contributed by atoms with Crippen LogP contribution in [-0.2, 0) is 4.79 Å². The van der Waals surface area contributed by atoms with Gasteiger partial charge in [0.15, 0.2) is 0 Å². The van der Waals surface area contributed by atoms with E-state index < -0.39 is 11.9 Å². The quantitative estimate of drug-likeness (QED) is 0.906. The second kappa shape index (κ2) is 5.92. The average molecular weight is 364 g/mol. The van der Waals surface area contributed by atoms with Crippen LogP contribution in [0.4, 0.5) is 0 Å². The maximum Gasteiger partial charge on any atom is 0.308 e. The van der Waals surface area contributed by atoms with Crippen molar-refractivity contribution in [2.75, 3.05) is 13.1 Å². The van der Waals surface area contributed by atoms with Crippen molar-refractivity contribution in [3.05, 3.63) is 46.7 Å². The van der Waals surface area contributed by atoms with Crippen LogP contribution < -0.4 is 0 Å². The monoisotopic (exact) mass is 363 g/mol. The third-order valence-electron chi connectivity index (χ3n) is 3.73. The van der Waals surface area contributed by atoms with E-state index in [1.165, 1.54) is 6.20 Å². The van der Waals surface area contributed by atoms with Crippen molar-refractivity contribution in [1.29, 1.82) is 0 Å². The van der Waals surface area contributed by atoms with E-state index in [4.69, 9.17) is 5.11 Å². The molecule has 1 aromatic carbocycles. The molecule has 0 bridgehead atoms. The molecule has 0 spiro atoms. The highest BCUT2D eigenvalue weighted by Gasteiger charge is 2.31. The summed E-state index contributed by atoms with van der Waals surface area (Å²) in [6.07, 6.45) is 3.68. The summed E-state index contributed by atoms with van der Waals surface area (Å²) in [5.41, 5.74) is 1.31. The van der Waals surface area contributed by atoms with Crippen molar-refractivity contribution in [2.24, 2.45) is 5.92 Å². The van der Waals surface area contributed by atoms with Gasteiger partial charge >= 0.3 is 5.97 Å². The lowest BCUT2D eigenvalue weighted by molar-refractivity contribution is -0.141. The summed E-state index contributed by atoms with van der Waals surface area (Å²) in [5.74, 6) is -1.49. The van der Waals surface area contributed by atoms with Gasteiger partial charge in [0, 0.05) is 23.8 Å². The Kier molecular flexibility index (Phi) is 3.98. The molecule has 0 radical (unpaired) electrons. The van der Waals surface area contributed by atoms with Crippen molar-refractivity contribution in [3.8, 4) is 5.69 Å². The highest BCUT2D eigenvalue weighted by atomic mass is 79.9. The first-order valence-corrected chi connectivity index (χ1v) is 7.66. The molecule has 7 heteroatoms. The van der Waals surface area contributed by atoms with E-state index in [1.807, 2.05) is 24.3 Å². The molecule has 3 rings (SSSR count). The van der Waals surface area contributed by atoms with Crippen LogP contribution in [0.3, 0.4) is 0 Å². The van der Waals surface area contributed by atoms with Crippen LogP contribution in [0.25, 0.3) is 5.69 Å². The second-order valence-electron chi connectivity index (χ2n) is 5.23. The number of aromatic nitrogens is 2. The average Bonchev–Trinajstić information content (AvgIpc) is 3.16. The van der Waals surface area contributed by atoms with Gasteiger partial charge in [0.25, 0.3) is 5.91 Å². The minimum absolute atomic E-state index is 0.176. The maximum atomic E-state index is 12.4. The fourth-order valence-corrected chi connectivity index (χ4v) is 2.91. The molecular weight excluding hydrogens is 350 g/mol. The van der Waals surface area contributed by atoms with Gasteiger partial charge in [-0.25, -0.2) is 4.68 Å². The fraction of sp³-hybridized carbons (Fsp3) is 0.267. The molecule has 2 heterocycles. The van der Waals surface area contributed by atoms with E-state index in [0.717, 1.165) is 10.2 Å². The number of carboxylic acid groups (broad SMARTS) is 1. The SMILES string of the molecule is O=C(O)C1CCN(C(=O)c2cnn(-c3cccc(Br)c3)c2)C1. The van der Waals surface area contributed by atoms with Crippen LogP contribution in [0, 0.1) is 5.92 Å². The maximum absolute atomic E-state index is 12.4. The minimum Gasteiger partial charge on any atom is -0.481 e. The predicted molar refractivity (Wildman–Crippen MR) is 82.9 cm³/mol. The number of hydrogen-bond donors (Lipinski definition) is 1. The molecule has 0 aliphatic carbocycles. The summed E-state index contributed by atoms with van der Waals surface area (Å²) in [7, 11) is 0. The Morgan fingerprint density at radius 2 is 2.18 bits per heavy atom. The zero-order valence-corrected chi connectivity index (χ0v) is 13.2. The number of benzene rings is 1. The lowest BCUT2D eigenvalue weighted by Crippen LogP contribution is -2.29. The van der Waals surface area contributed by atoms with Crippen LogP contribution in [0.15, 0.2) is 41.1 Å². The molecule has 1 amide bonds. The normalized spacial score (nSPS) is 17.7. The predicted octanol–water partition coefficient (Wildman–Crippen LogP) is 2.18. The molecule has 0 saturated carbocycles. The van der Waals surface area contributed by atoms with Crippen molar-refractivity contribution < 1.29 is 14.7 Å². The Balaban J connectivity index is 1.77. The van der Waals surface area contributed by atoms with E-state index >= 15 is 0 Å². The van der Waals surface area contributed by atoms with Gasteiger partial charge in [-0.05, 0) is 24.6 Å². The number of amides is 1. The van der Waals surface area contributed by atoms with E-state index in [1.54, 1.807) is 15.8 Å². The van der Waals surface area contributed by atoms with Crippen molar-refractivity contribution in [1.82, 2.24) is 14.7 Å². The van der Waals surface area contributed by atoms with Gasteiger partial charge in [0.1, 0.15) is 0 Å². The lowest BCUT2D eigenvalue weighted by Gasteiger charge is -2.14. The van der Waals surface area contributed by atoms with Gasteiger partial charge < -0.3 is 10.0 Å². The van der Waals surface area contributed by atoms with Gasteiger partial charge in [-0.1, -0.05) is 22.0 Å². The number of rotatable bonds is 3. The molecule has 6 nitrogen and oxygen atoms in total. The number of nitrogens with zero attached hydrogens (tertiary/aromatic N) is 3. The summed E-state index contributed by atoms with van der Waals surface area (Å²) in [4.78, 5) is 24.9. The van der Waals surface area contributed by atoms with E-state index in [0.29, 0.717) is 18.5 Å². The van der Waals surface area contributed by atoms with Gasteiger partial charge in [0.2, 0.25) is 0 Å². The molecule has 114 valence electrons. The van der Waals surface area contributed by atoms with E-state index in [-0.39, 0.29) is 12.5 Å². The van der Waals surface area contributed by atoms with Gasteiger partial charge in [-0.15, -0.1) is 0 Å². The molecular formula is C15H14BrN3O3. The first kappa shape index (κ1) is 14.8. The number of likely N-dealkylation sites (tertiary alicyclic amines) is 1. The number of carboxylic acids is 1. The Bertz CT molecular complexity index is 728. The first-order valence-electron chi connectivity index (χ1n) is 6.87. The van der Waals surface area contributed by atoms with E-state index in [2.05, 4.69) is 21.0 Å². The minimum atomic E-state index is -0.847. The third kappa shape index (κ3) is 2.89. The van der Waals surface area contributed by atoms with E-state index in [9.17, 15) is 9.59 Å². The summed E-state index contributed by atoms with van der Waals surface area (Å²) >= 11 is 3.40. The van der Waals surface area contributed by atoms with Gasteiger partial charge in [-0.2, -0.15) is 5.10 Å². The Hall–Kier alpha value is -2.15. The van der Waals surface area contributed by atoms with Crippen LogP contribution in [-0.4, -0.2) is 44.8 Å². The molecule has 22 heavy (non-hydrogen) atoms. The number of halogens is 1. The molecule has 1 fully saturated rings. The zero-order valence-electron chi connectivity index (χ0n) is 11.6. The largest absolute Gasteiger partial charge is 0.481 e. The Morgan fingerprint density at radius 3 is 2.86 bits per heavy atom. The Morgan fingerprint density at radius 1 is 1.36 bits per heavy atom. The van der Waals surface area contributed by atoms with Crippen LogP contribution in [0.2, 0.25) is 0 Å². The molecule has 1 unspecified atom stereocenters. The summed E-state index contributed by atoms with van der Waals surface area (Å²) < 4.78 is 2.56. The number of carbonyl (C=O) groups is 2. The number of carbonyl (C=O) groups excluding carboxylic acids is 1. The second-order valence-corrected chi connectivity index (χ2v) is 6.14. The summed E-state index contributed by atoms with van der Waals surface area (Å²) in [6, 6.07) is 7.59. The molecule has 1 N–H and O–H groups in total. The van der Waals surface area contributed by atoms with Crippen molar-refractivity contribution in [2.45, 2.75) is 6.42 Å². The molecule has 2 aromatic rings. The molecule has 1 saturated heterocycles. The molecule has 1 atom stereocenters. The molecule has 1 aromatic heterocycles. The third-order valence-corrected chi connectivity index (χ3v) is 4.22. The number of hydrogen-bond acceptors (Lipinski definition) is 3. The molecule has 1 aliphatic heterocycles. The van der Waals surface area contributed by atoms with Gasteiger partial charge in [-0.3, -0.25) is 9.59 Å². The van der Waals surface area contributed by atoms with Gasteiger partial charge in [0.05, 0.1) is 23.4 Å². The highest BCUT2D eigenvalue weighted by Crippen LogP contribution is 2.20. The zero-order chi connectivity index (χ0) is 15.7. The smallest absolute Gasteiger partial charge is 0.308 e. The van der Waals surface area contributed by atoms with Crippen LogP contribution in [0.1, 0.15) is 16.8 Å². The van der Waals surface area contributed by atoms with Crippen molar-refractivity contribution >= 4 is 27.8 Å². The van der Waals surface area contributed by atoms with Crippen LogP contribution >= 0.6 is 15.9 Å². The van der Waals surface area contributed by atoms with Crippen LogP contribution in [0.5, 0.6) is 0 Å². The number of aliphatic carboxylic acids is 1. The fourth-order valence-electron chi connectivity index (χ4n) is 2.52. The van der Waals surface area contributed by atoms with Crippen molar-refractivity contribution in [3.63, 3.8) is 0 Å². The highest BCUT2D eigenvalue weighted by molar-refractivity contribution is 9.10. The summed E-state index contributed by atoms with van der Waals surface area (Å²) in [6.45, 7) is 0.730. The topological polar surface area (TPSA) is 75.4 Å². The molecule has 1 aliphatic rings. The Labute approximate surface area is 135 Å². The first-order chi connectivity index (χ1) is 10.5. The standard InChI is InChI=1S/C15H14BrN3O3/c16-12-2-1-3-13(6-12)19-9-11(7-17-19)14(20)18-5-4-10(8-18)15(21)22/h1-3,6-7,9-10H,4-5,8H2,(H,21,22).